The van der Waals surface area contributed by atoms with Gasteiger partial charge in [-0.1, -0.05) is 38.0 Å². The van der Waals surface area contributed by atoms with Crippen molar-refractivity contribution in [1.29, 1.82) is 5.26 Å². The van der Waals surface area contributed by atoms with Crippen molar-refractivity contribution in [3.63, 3.8) is 0 Å². The molecule has 3 nitrogen and oxygen atoms in total. The molecule has 0 radical (unpaired) electrons. The van der Waals surface area contributed by atoms with Crippen LogP contribution in [0.2, 0.25) is 0 Å². The van der Waals surface area contributed by atoms with E-state index < -0.39 is 5.82 Å². The summed E-state index contributed by atoms with van der Waals surface area (Å²) in [5.74, 6) is 0.751. The summed E-state index contributed by atoms with van der Waals surface area (Å²) >= 11 is 0. The zero-order valence-electron chi connectivity index (χ0n) is 16.9. The molecule has 0 spiro atoms. The van der Waals surface area contributed by atoms with Gasteiger partial charge >= 0.3 is 0 Å². The normalized spacial score (nSPS) is 28.3. The van der Waals surface area contributed by atoms with Gasteiger partial charge in [-0.15, -0.1) is 0 Å². The maximum absolute atomic E-state index is 13.9. The first-order chi connectivity index (χ1) is 13.7. The van der Waals surface area contributed by atoms with E-state index in [1.165, 1.54) is 25.3 Å². The first kappa shape index (κ1) is 21.0. The average Bonchev–Trinajstić information content (AvgIpc) is 2.74. The van der Waals surface area contributed by atoms with Gasteiger partial charge in [-0.25, -0.2) is 4.39 Å². The fourth-order valence-electron chi connectivity index (χ4n) is 4.32. The van der Waals surface area contributed by atoms with Gasteiger partial charge in [0.05, 0.1) is 18.8 Å². The van der Waals surface area contributed by atoms with Gasteiger partial charge in [0.15, 0.2) is 6.29 Å². The predicted molar refractivity (Wildman–Crippen MR) is 108 cm³/mol. The van der Waals surface area contributed by atoms with Crippen molar-refractivity contribution in [2.45, 2.75) is 70.5 Å². The average molecular weight is 386 g/mol. The summed E-state index contributed by atoms with van der Waals surface area (Å²) < 4.78 is 25.9. The van der Waals surface area contributed by atoms with E-state index in [-0.39, 0.29) is 11.9 Å². The first-order valence-corrected chi connectivity index (χ1v) is 10.8. The molecule has 1 aromatic carbocycles. The molecule has 1 aromatic rings. The van der Waals surface area contributed by atoms with Gasteiger partial charge in [0.25, 0.3) is 0 Å². The first-order valence-electron chi connectivity index (χ1n) is 10.8. The second kappa shape index (κ2) is 10.7. The Morgan fingerprint density at radius 1 is 1.14 bits per heavy atom. The van der Waals surface area contributed by atoms with Crippen LogP contribution in [0, 0.1) is 29.0 Å². The van der Waals surface area contributed by atoms with Crippen LogP contribution in [0.5, 0.6) is 0 Å². The summed E-state index contributed by atoms with van der Waals surface area (Å²) in [5, 5.41) is 8.88. The Bertz CT molecular complexity index is 680. The fourth-order valence-corrected chi connectivity index (χ4v) is 4.32. The van der Waals surface area contributed by atoms with Crippen molar-refractivity contribution in [2.24, 2.45) is 11.8 Å². The van der Waals surface area contributed by atoms with Gasteiger partial charge in [-0.05, 0) is 62.1 Å². The number of ether oxygens (including phenoxy) is 2. The molecule has 1 saturated carbocycles. The molecule has 4 heteroatoms. The number of benzene rings is 1. The number of hydrogen-bond donors (Lipinski definition) is 0. The second-order valence-corrected chi connectivity index (χ2v) is 8.18. The minimum Gasteiger partial charge on any atom is -0.352 e. The minimum atomic E-state index is -0.408. The third kappa shape index (κ3) is 5.65. The topological polar surface area (TPSA) is 42.2 Å². The van der Waals surface area contributed by atoms with Crippen LogP contribution >= 0.6 is 0 Å². The molecular weight excluding hydrogens is 353 g/mol. The highest BCUT2D eigenvalue weighted by atomic mass is 19.1. The Hall–Kier alpha value is -1.70. The number of allylic oxidation sites excluding steroid dienone is 1. The molecule has 0 amide bonds. The number of nitrogens with zero attached hydrogens (tertiary/aromatic N) is 1. The number of hydrogen-bond acceptors (Lipinski definition) is 3. The highest BCUT2D eigenvalue weighted by Crippen LogP contribution is 2.39. The third-order valence-corrected chi connectivity index (χ3v) is 6.07. The lowest BCUT2D eigenvalue weighted by Crippen LogP contribution is -2.37. The molecule has 0 bridgehead atoms. The molecule has 1 heterocycles. The van der Waals surface area contributed by atoms with E-state index >= 15 is 0 Å². The smallest absolute Gasteiger partial charge is 0.160 e. The van der Waals surface area contributed by atoms with Gasteiger partial charge in [-0.2, -0.15) is 5.26 Å². The molecule has 152 valence electrons. The summed E-state index contributed by atoms with van der Waals surface area (Å²) in [5.41, 5.74) is 1.13. The molecular formula is C24H32FNO2. The Balaban J connectivity index is 1.41. The van der Waals surface area contributed by atoms with Crippen molar-refractivity contribution in [2.75, 3.05) is 13.2 Å². The quantitative estimate of drug-likeness (QED) is 0.421. The van der Waals surface area contributed by atoms with Crippen LogP contribution < -0.4 is 0 Å². The van der Waals surface area contributed by atoms with Crippen molar-refractivity contribution >= 4 is 0 Å². The Morgan fingerprint density at radius 3 is 2.54 bits per heavy atom. The van der Waals surface area contributed by atoms with E-state index in [9.17, 15) is 4.39 Å². The van der Waals surface area contributed by atoms with Crippen molar-refractivity contribution in [3.8, 4) is 6.07 Å². The summed E-state index contributed by atoms with van der Waals surface area (Å²) in [4.78, 5) is 0. The summed E-state index contributed by atoms with van der Waals surface area (Å²) in [6, 6.07) is 6.92. The molecule has 0 unspecified atom stereocenters. The summed E-state index contributed by atoms with van der Waals surface area (Å²) in [7, 11) is 0. The Labute approximate surface area is 168 Å². The maximum Gasteiger partial charge on any atom is 0.160 e. The third-order valence-electron chi connectivity index (χ3n) is 6.07. The zero-order valence-corrected chi connectivity index (χ0v) is 16.9. The molecule has 3 rings (SSSR count). The molecule has 28 heavy (non-hydrogen) atoms. The van der Waals surface area contributed by atoms with E-state index in [1.54, 1.807) is 6.07 Å². The molecule has 0 aromatic heterocycles. The van der Waals surface area contributed by atoms with Gasteiger partial charge in [0, 0.05) is 11.8 Å². The van der Waals surface area contributed by atoms with E-state index in [0.717, 1.165) is 50.9 Å². The van der Waals surface area contributed by atoms with Crippen LogP contribution in [0.1, 0.15) is 75.3 Å². The van der Waals surface area contributed by atoms with Crippen LogP contribution in [0.15, 0.2) is 30.4 Å². The van der Waals surface area contributed by atoms with Gasteiger partial charge in [0.1, 0.15) is 11.9 Å². The standard InChI is InChI=1S/C24H32FNO2/c1-2-3-4-5-6-7-18-16-27-24(28-17-18)20-10-8-19(9-11-20)21-12-13-22(15-26)23(25)14-21/h6-7,12-14,18-20,24H,2-5,8-11,16-17H2,1H3/b7-6+/t18-,19?,20?,24-. The largest absolute Gasteiger partial charge is 0.352 e. The highest BCUT2D eigenvalue weighted by molar-refractivity contribution is 5.34. The molecule has 1 aliphatic carbocycles. The van der Waals surface area contributed by atoms with Crippen molar-refractivity contribution < 1.29 is 13.9 Å². The molecule has 1 saturated heterocycles. The van der Waals surface area contributed by atoms with Crippen molar-refractivity contribution in [1.82, 2.24) is 0 Å². The monoisotopic (exact) mass is 385 g/mol. The summed E-state index contributed by atoms with van der Waals surface area (Å²) in [6.07, 6.45) is 13.5. The van der Waals surface area contributed by atoms with Gasteiger partial charge < -0.3 is 9.47 Å². The van der Waals surface area contributed by atoms with Crippen LogP contribution in [0.25, 0.3) is 0 Å². The van der Waals surface area contributed by atoms with Gasteiger partial charge in [-0.3, -0.25) is 0 Å². The Morgan fingerprint density at radius 2 is 1.89 bits per heavy atom. The van der Waals surface area contributed by atoms with E-state index in [2.05, 4.69) is 19.1 Å². The maximum atomic E-state index is 13.9. The fraction of sp³-hybridized carbons (Fsp3) is 0.625. The second-order valence-electron chi connectivity index (χ2n) is 8.18. The molecule has 2 aliphatic rings. The number of nitriles is 1. The number of rotatable bonds is 7. The van der Waals surface area contributed by atoms with Crippen LogP contribution in [0.4, 0.5) is 4.39 Å². The predicted octanol–water partition coefficient (Wildman–Crippen LogP) is 6.10. The molecule has 0 N–H and O–H groups in total. The lowest BCUT2D eigenvalue weighted by Gasteiger charge is -2.37. The lowest BCUT2D eigenvalue weighted by atomic mass is 9.78. The molecule has 2 fully saturated rings. The SMILES string of the molecule is CCCCC/C=C/[C@H]1CO[C@H](C2CCC(c3ccc(C#N)c(F)c3)CC2)OC1. The van der Waals surface area contributed by atoms with Crippen molar-refractivity contribution in [3.05, 3.63) is 47.3 Å². The van der Waals surface area contributed by atoms with E-state index in [0.29, 0.717) is 17.8 Å². The van der Waals surface area contributed by atoms with Gasteiger partial charge in [0.2, 0.25) is 0 Å². The molecule has 0 atom stereocenters. The number of unbranched alkanes of at least 4 members (excludes halogenated alkanes) is 3. The Kier molecular flexibility index (Phi) is 8.06. The molecule has 1 aliphatic heterocycles. The van der Waals surface area contributed by atoms with Crippen LogP contribution in [-0.4, -0.2) is 19.5 Å². The van der Waals surface area contributed by atoms with E-state index in [1.807, 2.05) is 12.1 Å². The minimum absolute atomic E-state index is 0.0941. The highest BCUT2D eigenvalue weighted by Gasteiger charge is 2.32. The van der Waals surface area contributed by atoms with Crippen LogP contribution in [-0.2, 0) is 9.47 Å². The number of halogens is 1. The lowest BCUT2D eigenvalue weighted by molar-refractivity contribution is -0.222. The van der Waals surface area contributed by atoms with E-state index in [4.69, 9.17) is 14.7 Å². The zero-order chi connectivity index (χ0) is 19.8. The summed E-state index contributed by atoms with van der Waals surface area (Å²) in [6.45, 7) is 3.72. The van der Waals surface area contributed by atoms with Crippen LogP contribution in [0.3, 0.4) is 0 Å².